The summed E-state index contributed by atoms with van der Waals surface area (Å²) in [6, 6.07) is 7.25. The first-order valence-electron chi connectivity index (χ1n) is 6.85. The van der Waals surface area contributed by atoms with Crippen LogP contribution in [0.1, 0.15) is 36.8 Å². The Morgan fingerprint density at radius 3 is 2.32 bits per heavy atom. The standard InChI is InChI=1S/C16H20N2O4/c1-16(2,3)13-12(15(19)20)14(22-5)18(17-13)10-8-6-7-9-11(10)21-4/h6-9H,1-5H3,(H,19,20). The van der Waals surface area contributed by atoms with Crippen molar-refractivity contribution in [2.24, 2.45) is 0 Å². The molecule has 0 spiro atoms. The molecule has 0 atom stereocenters. The molecule has 2 aromatic rings. The van der Waals surface area contributed by atoms with E-state index in [0.29, 0.717) is 17.1 Å². The first-order valence-corrected chi connectivity index (χ1v) is 6.85. The average molecular weight is 304 g/mol. The summed E-state index contributed by atoms with van der Waals surface area (Å²) in [6.07, 6.45) is 0. The molecule has 0 amide bonds. The minimum Gasteiger partial charge on any atom is -0.494 e. The normalized spacial score (nSPS) is 11.3. The van der Waals surface area contributed by atoms with E-state index < -0.39 is 11.4 Å². The van der Waals surface area contributed by atoms with Gasteiger partial charge in [0.1, 0.15) is 17.0 Å². The van der Waals surface area contributed by atoms with Gasteiger partial charge in [0.2, 0.25) is 5.88 Å². The highest BCUT2D eigenvalue weighted by atomic mass is 16.5. The van der Waals surface area contributed by atoms with Crippen molar-refractivity contribution in [2.75, 3.05) is 14.2 Å². The van der Waals surface area contributed by atoms with E-state index in [1.807, 2.05) is 32.9 Å². The number of hydrogen-bond donors (Lipinski definition) is 1. The van der Waals surface area contributed by atoms with Crippen molar-refractivity contribution in [1.29, 1.82) is 0 Å². The van der Waals surface area contributed by atoms with Gasteiger partial charge in [0.25, 0.3) is 0 Å². The predicted molar refractivity (Wildman–Crippen MR) is 82.3 cm³/mol. The summed E-state index contributed by atoms with van der Waals surface area (Å²) in [6.45, 7) is 5.73. The fourth-order valence-corrected chi connectivity index (χ4v) is 2.28. The van der Waals surface area contributed by atoms with Crippen LogP contribution in [0.15, 0.2) is 24.3 Å². The Morgan fingerprint density at radius 1 is 1.18 bits per heavy atom. The van der Waals surface area contributed by atoms with Crippen molar-refractivity contribution in [3.05, 3.63) is 35.5 Å². The first-order chi connectivity index (χ1) is 10.3. The van der Waals surface area contributed by atoms with E-state index in [1.54, 1.807) is 19.2 Å². The Morgan fingerprint density at radius 2 is 1.82 bits per heavy atom. The van der Waals surface area contributed by atoms with Crippen LogP contribution in [0.5, 0.6) is 11.6 Å². The molecular weight excluding hydrogens is 284 g/mol. The highest BCUT2D eigenvalue weighted by molar-refractivity contribution is 5.92. The highest BCUT2D eigenvalue weighted by Gasteiger charge is 2.32. The summed E-state index contributed by atoms with van der Waals surface area (Å²) in [5.74, 6) is -0.300. The molecule has 1 aromatic carbocycles. The number of methoxy groups -OCH3 is 2. The number of rotatable bonds is 4. The Hall–Kier alpha value is -2.50. The topological polar surface area (TPSA) is 73.6 Å². The Balaban J connectivity index is 2.80. The molecule has 6 nitrogen and oxygen atoms in total. The van der Waals surface area contributed by atoms with E-state index in [2.05, 4.69) is 5.10 Å². The minimum absolute atomic E-state index is 0.0703. The fraction of sp³-hybridized carbons (Fsp3) is 0.375. The average Bonchev–Trinajstić information content (AvgIpc) is 2.86. The molecule has 118 valence electrons. The van der Waals surface area contributed by atoms with Gasteiger partial charge in [-0.2, -0.15) is 9.78 Å². The highest BCUT2D eigenvalue weighted by Crippen LogP contribution is 2.35. The van der Waals surface area contributed by atoms with Crippen molar-refractivity contribution in [2.45, 2.75) is 26.2 Å². The van der Waals surface area contributed by atoms with Gasteiger partial charge in [-0.15, -0.1) is 0 Å². The SMILES string of the molecule is COc1ccccc1-n1nc(C(C)(C)C)c(C(=O)O)c1OC. The zero-order valence-corrected chi connectivity index (χ0v) is 13.4. The molecule has 0 saturated heterocycles. The van der Waals surface area contributed by atoms with Gasteiger partial charge in [0, 0.05) is 5.41 Å². The van der Waals surface area contributed by atoms with E-state index in [0.717, 1.165) is 0 Å². The number of ether oxygens (including phenoxy) is 2. The maximum atomic E-state index is 11.7. The number of carboxylic acid groups (broad SMARTS) is 1. The largest absolute Gasteiger partial charge is 0.494 e. The second-order valence-corrected chi connectivity index (χ2v) is 5.87. The molecule has 0 unspecified atom stereocenters. The van der Waals surface area contributed by atoms with Crippen LogP contribution in [-0.2, 0) is 5.41 Å². The summed E-state index contributed by atoms with van der Waals surface area (Å²) in [7, 11) is 2.99. The van der Waals surface area contributed by atoms with Gasteiger partial charge in [0.05, 0.1) is 19.9 Å². The van der Waals surface area contributed by atoms with Gasteiger partial charge in [0.15, 0.2) is 0 Å². The Labute approximate surface area is 129 Å². The first kappa shape index (κ1) is 15.9. The van der Waals surface area contributed by atoms with Crippen LogP contribution in [0.4, 0.5) is 0 Å². The van der Waals surface area contributed by atoms with Crippen LogP contribution in [-0.4, -0.2) is 35.1 Å². The van der Waals surface area contributed by atoms with Crippen LogP contribution in [0.2, 0.25) is 0 Å². The summed E-state index contributed by atoms with van der Waals surface area (Å²) in [5, 5.41) is 14.0. The monoisotopic (exact) mass is 304 g/mol. The third kappa shape index (κ3) is 2.64. The minimum atomic E-state index is -1.07. The molecular formula is C16H20N2O4. The van der Waals surface area contributed by atoms with Gasteiger partial charge in [-0.25, -0.2) is 4.79 Å². The van der Waals surface area contributed by atoms with Crippen molar-refractivity contribution < 1.29 is 19.4 Å². The van der Waals surface area contributed by atoms with E-state index in [1.165, 1.54) is 11.8 Å². The van der Waals surface area contributed by atoms with E-state index >= 15 is 0 Å². The van der Waals surface area contributed by atoms with Crippen LogP contribution in [0.25, 0.3) is 5.69 Å². The second kappa shape index (κ2) is 5.71. The number of nitrogens with zero attached hydrogens (tertiary/aromatic N) is 2. The molecule has 1 N–H and O–H groups in total. The molecule has 0 bridgehead atoms. The lowest BCUT2D eigenvalue weighted by Gasteiger charge is -2.15. The maximum absolute atomic E-state index is 11.7. The molecule has 22 heavy (non-hydrogen) atoms. The third-order valence-electron chi connectivity index (χ3n) is 3.27. The zero-order valence-electron chi connectivity index (χ0n) is 13.4. The van der Waals surface area contributed by atoms with Gasteiger partial charge in [-0.05, 0) is 12.1 Å². The number of carbonyl (C=O) groups is 1. The molecule has 0 aliphatic carbocycles. The molecule has 0 saturated carbocycles. The number of hydrogen-bond acceptors (Lipinski definition) is 4. The van der Waals surface area contributed by atoms with E-state index in [-0.39, 0.29) is 11.4 Å². The number of aromatic nitrogens is 2. The quantitative estimate of drug-likeness (QED) is 0.940. The van der Waals surface area contributed by atoms with Crippen LogP contribution in [0, 0.1) is 0 Å². The lowest BCUT2D eigenvalue weighted by Crippen LogP contribution is -2.17. The van der Waals surface area contributed by atoms with E-state index in [9.17, 15) is 9.90 Å². The molecule has 0 aliphatic heterocycles. The molecule has 0 radical (unpaired) electrons. The van der Waals surface area contributed by atoms with Crippen LogP contribution in [0.3, 0.4) is 0 Å². The summed E-state index contributed by atoms with van der Waals surface area (Å²) < 4.78 is 12.1. The summed E-state index contributed by atoms with van der Waals surface area (Å²) in [5.41, 5.74) is 0.720. The van der Waals surface area contributed by atoms with E-state index in [4.69, 9.17) is 9.47 Å². The summed E-state index contributed by atoms with van der Waals surface area (Å²) >= 11 is 0. The van der Waals surface area contributed by atoms with Gasteiger partial charge >= 0.3 is 5.97 Å². The lowest BCUT2D eigenvalue weighted by atomic mass is 9.89. The van der Waals surface area contributed by atoms with Crippen LogP contribution >= 0.6 is 0 Å². The molecule has 1 heterocycles. The smallest absolute Gasteiger partial charge is 0.343 e. The van der Waals surface area contributed by atoms with Gasteiger partial charge in [-0.1, -0.05) is 32.9 Å². The number of aromatic carboxylic acids is 1. The Kier molecular flexibility index (Phi) is 4.12. The van der Waals surface area contributed by atoms with Gasteiger partial charge in [-0.3, -0.25) is 0 Å². The number of benzene rings is 1. The zero-order chi connectivity index (χ0) is 16.5. The van der Waals surface area contributed by atoms with Crippen molar-refractivity contribution in [3.63, 3.8) is 0 Å². The molecule has 0 fully saturated rings. The predicted octanol–water partition coefficient (Wildman–Crippen LogP) is 2.89. The molecule has 2 rings (SSSR count). The Bertz CT molecular complexity index is 699. The third-order valence-corrected chi connectivity index (χ3v) is 3.27. The fourth-order valence-electron chi connectivity index (χ4n) is 2.28. The molecule has 6 heteroatoms. The van der Waals surface area contributed by atoms with Crippen LogP contribution < -0.4 is 9.47 Å². The lowest BCUT2D eigenvalue weighted by molar-refractivity contribution is 0.0690. The second-order valence-electron chi connectivity index (χ2n) is 5.87. The maximum Gasteiger partial charge on any atom is 0.343 e. The van der Waals surface area contributed by atoms with Crippen molar-refractivity contribution in [1.82, 2.24) is 9.78 Å². The number of para-hydroxylation sites is 2. The summed E-state index contributed by atoms with van der Waals surface area (Å²) in [4.78, 5) is 11.7. The van der Waals surface area contributed by atoms with Crippen molar-refractivity contribution >= 4 is 5.97 Å². The molecule has 0 aliphatic rings. The molecule has 1 aromatic heterocycles. The number of carboxylic acids is 1. The van der Waals surface area contributed by atoms with Crippen molar-refractivity contribution in [3.8, 4) is 17.3 Å². The van der Waals surface area contributed by atoms with Gasteiger partial charge < -0.3 is 14.6 Å².